The van der Waals surface area contributed by atoms with Crippen LogP contribution >= 0.6 is 11.3 Å². The Morgan fingerprint density at radius 2 is 1.97 bits per heavy atom. The van der Waals surface area contributed by atoms with Crippen LogP contribution in [0.25, 0.3) is 11.3 Å². The molecule has 0 bridgehead atoms. The minimum atomic E-state index is -0.899. The molecule has 1 N–H and O–H groups in total. The molecule has 0 unspecified atom stereocenters. The number of hydrogen-bond acceptors (Lipinski definition) is 6. The first-order chi connectivity index (χ1) is 13.9. The average Bonchev–Trinajstić information content (AvgIpc) is 3.33. The SMILES string of the molecule is Cc1noc(NC(=O)N2CCN(c3nc(-c4cccc(F)c4F)cs3)CC2)c1C. The summed E-state index contributed by atoms with van der Waals surface area (Å²) in [6.07, 6.45) is 0. The molecule has 1 saturated heterocycles. The maximum absolute atomic E-state index is 14.0. The normalized spacial score (nSPS) is 14.3. The number of rotatable bonds is 3. The van der Waals surface area contributed by atoms with E-state index < -0.39 is 11.6 Å². The molecule has 0 radical (unpaired) electrons. The van der Waals surface area contributed by atoms with Crippen molar-refractivity contribution < 1.29 is 18.1 Å². The van der Waals surface area contributed by atoms with Crippen molar-refractivity contribution in [2.45, 2.75) is 13.8 Å². The van der Waals surface area contributed by atoms with Crippen LogP contribution in [0, 0.1) is 25.5 Å². The molecule has 29 heavy (non-hydrogen) atoms. The number of nitrogens with one attached hydrogen (secondary N) is 1. The lowest BCUT2D eigenvalue weighted by molar-refractivity contribution is 0.207. The van der Waals surface area contributed by atoms with Crippen LogP contribution in [-0.2, 0) is 0 Å². The van der Waals surface area contributed by atoms with E-state index in [0.29, 0.717) is 42.9 Å². The lowest BCUT2D eigenvalue weighted by Gasteiger charge is -2.34. The van der Waals surface area contributed by atoms with Gasteiger partial charge in [-0.2, -0.15) is 0 Å². The molecule has 1 fully saturated rings. The summed E-state index contributed by atoms with van der Waals surface area (Å²) in [6.45, 7) is 5.81. The van der Waals surface area contributed by atoms with Gasteiger partial charge in [0.2, 0.25) is 5.88 Å². The van der Waals surface area contributed by atoms with Crippen molar-refractivity contribution in [2.24, 2.45) is 0 Å². The molecule has 1 aliphatic heterocycles. The fraction of sp³-hybridized carbons (Fsp3) is 0.316. The molecule has 2 aromatic heterocycles. The Morgan fingerprint density at radius 3 is 2.66 bits per heavy atom. The standard InChI is InChI=1S/C19H19F2N5O2S/c1-11-12(2)24-28-17(11)23-18(27)25-6-8-26(9-7-25)19-22-15(10-29-19)13-4-3-5-14(20)16(13)21/h3-5,10H,6-9H2,1-2H3,(H,23,27). The van der Waals surface area contributed by atoms with Crippen LogP contribution in [0.5, 0.6) is 0 Å². The predicted molar refractivity (Wildman–Crippen MR) is 106 cm³/mol. The first-order valence-corrected chi connectivity index (χ1v) is 9.95. The van der Waals surface area contributed by atoms with Gasteiger partial charge >= 0.3 is 6.03 Å². The summed E-state index contributed by atoms with van der Waals surface area (Å²) >= 11 is 1.37. The van der Waals surface area contributed by atoms with Crippen LogP contribution in [-0.4, -0.2) is 47.3 Å². The second-order valence-electron chi connectivity index (χ2n) is 6.74. The molecule has 10 heteroatoms. The minimum absolute atomic E-state index is 0.142. The summed E-state index contributed by atoms with van der Waals surface area (Å²) in [7, 11) is 0. The Bertz CT molecular complexity index is 1040. The van der Waals surface area contributed by atoms with E-state index in [4.69, 9.17) is 4.52 Å². The van der Waals surface area contributed by atoms with Gasteiger partial charge in [-0.3, -0.25) is 5.32 Å². The average molecular weight is 419 g/mol. The highest BCUT2D eigenvalue weighted by molar-refractivity contribution is 7.14. The molecular weight excluding hydrogens is 400 g/mol. The Kier molecular flexibility index (Phi) is 5.18. The number of carbonyl (C=O) groups is 1. The van der Waals surface area contributed by atoms with E-state index >= 15 is 0 Å². The number of carbonyl (C=O) groups excluding carboxylic acids is 1. The van der Waals surface area contributed by atoms with Crippen LogP contribution in [0.2, 0.25) is 0 Å². The second kappa shape index (κ2) is 7.78. The summed E-state index contributed by atoms with van der Waals surface area (Å²) in [4.78, 5) is 20.6. The first kappa shape index (κ1) is 19.3. The van der Waals surface area contributed by atoms with E-state index in [1.54, 1.807) is 10.3 Å². The summed E-state index contributed by atoms with van der Waals surface area (Å²) in [5, 5.41) is 9.00. The molecule has 0 aliphatic carbocycles. The van der Waals surface area contributed by atoms with Gasteiger partial charge in [-0.25, -0.2) is 18.6 Å². The van der Waals surface area contributed by atoms with E-state index in [2.05, 4.69) is 15.5 Å². The highest BCUT2D eigenvalue weighted by Gasteiger charge is 2.25. The topological polar surface area (TPSA) is 74.5 Å². The third-order valence-corrected chi connectivity index (χ3v) is 5.84. The van der Waals surface area contributed by atoms with Gasteiger partial charge in [0.25, 0.3) is 0 Å². The maximum Gasteiger partial charge on any atom is 0.324 e. The molecule has 2 amide bonds. The maximum atomic E-state index is 14.0. The molecular formula is C19H19F2N5O2S. The fourth-order valence-corrected chi connectivity index (χ4v) is 3.92. The van der Waals surface area contributed by atoms with Gasteiger partial charge in [-0.05, 0) is 26.0 Å². The highest BCUT2D eigenvalue weighted by Crippen LogP contribution is 2.30. The number of urea groups is 1. The number of halogens is 2. The summed E-state index contributed by atoms with van der Waals surface area (Å²) in [6, 6.07) is 3.80. The van der Waals surface area contributed by atoms with Crippen molar-refractivity contribution in [1.29, 1.82) is 0 Å². The molecule has 0 atom stereocenters. The van der Waals surface area contributed by atoms with E-state index in [1.807, 2.05) is 18.7 Å². The third kappa shape index (κ3) is 3.80. The van der Waals surface area contributed by atoms with Gasteiger partial charge in [0.05, 0.1) is 11.4 Å². The number of hydrogen-bond donors (Lipinski definition) is 1. The van der Waals surface area contributed by atoms with Crippen molar-refractivity contribution >= 4 is 28.4 Å². The van der Waals surface area contributed by atoms with Crippen molar-refractivity contribution in [3.8, 4) is 11.3 Å². The lowest BCUT2D eigenvalue weighted by Crippen LogP contribution is -2.50. The van der Waals surface area contributed by atoms with Crippen LogP contribution in [0.4, 0.5) is 24.6 Å². The highest BCUT2D eigenvalue weighted by atomic mass is 32.1. The number of amides is 2. The van der Waals surface area contributed by atoms with Gasteiger partial charge in [-0.1, -0.05) is 11.2 Å². The van der Waals surface area contributed by atoms with Crippen molar-refractivity contribution in [2.75, 3.05) is 36.4 Å². The summed E-state index contributed by atoms with van der Waals surface area (Å²) in [5.74, 6) is -1.44. The second-order valence-corrected chi connectivity index (χ2v) is 7.58. The van der Waals surface area contributed by atoms with Crippen LogP contribution in [0.1, 0.15) is 11.3 Å². The van der Waals surface area contributed by atoms with Crippen LogP contribution in [0.3, 0.4) is 0 Å². The van der Waals surface area contributed by atoms with E-state index in [1.165, 1.54) is 23.5 Å². The Hall–Kier alpha value is -3.01. The van der Waals surface area contributed by atoms with Crippen LogP contribution in [0.15, 0.2) is 28.1 Å². The van der Waals surface area contributed by atoms with Gasteiger partial charge in [0.1, 0.15) is 0 Å². The van der Waals surface area contributed by atoms with E-state index in [9.17, 15) is 13.6 Å². The van der Waals surface area contributed by atoms with Gasteiger partial charge < -0.3 is 14.3 Å². The largest absolute Gasteiger partial charge is 0.345 e. The zero-order valence-corrected chi connectivity index (χ0v) is 16.7. The molecule has 0 spiro atoms. The van der Waals surface area contributed by atoms with Crippen molar-refractivity contribution in [1.82, 2.24) is 15.0 Å². The van der Waals surface area contributed by atoms with Gasteiger partial charge in [0, 0.05) is 42.7 Å². The zero-order chi connectivity index (χ0) is 20.5. The molecule has 152 valence electrons. The van der Waals surface area contributed by atoms with Crippen molar-refractivity contribution in [3.63, 3.8) is 0 Å². The lowest BCUT2D eigenvalue weighted by atomic mass is 10.1. The van der Waals surface area contributed by atoms with Crippen molar-refractivity contribution in [3.05, 3.63) is 46.5 Å². The molecule has 0 saturated carbocycles. The van der Waals surface area contributed by atoms with E-state index in [-0.39, 0.29) is 11.6 Å². The first-order valence-electron chi connectivity index (χ1n) is 9.07. The summed E-state index contributed by atoms with van der Waals surface area (Å²) in [5.41, 5.74) is 2.08. The van der Waals surface area contributed by atoms with Gasteiger partial charge in [-0.15, -0.1) is 11.3 Å². The number of nitrogens with zero attached hydrogens (tertiary/aromatic N) is 4. The number of aromatic nitrogens is 2. The molecule has 3 heterocycles. The Balaban J connectivity index is 1.39. The molecule has 7 nitrogen and oxygen atoms in total. The molecule has 1 aliphatic rings. The Morgan fingerprint density at radius 1 is 1.21 bits per heavy atom. The monoisotopic (exact) mass is 419 g/mol. The fourth-order valence-electron chi connectivity index (χ4n) is 3.04. The number of benzene rings is 1. The van der Waals surface area contributed by atoms with E-state index in [0.717, 1.165) is 17.3 Å². The molecule has 4 rings (SSSR count). The van der Waals surface area contributed by atoms with Gasteiger partial charge in [0.15, 0.2) is 16.8 Å². The Labute approximate surface area is 169 Å². The third-order valence-electron chi connectivity index (χ3n) is 4.93. The zero-order valence-electron chi connectivity index (χ0n) is 15.9. The number of anilines is 2. The quantitative estimate of drug-likeness (QED) is 0.693. The number of aryl methyl sites for hydroxylation is 1. The molecule has 3 aromatic rings. The summed E-state index contributed by atoms with van der Waals surface area (Å²) < 4.78 is 32.6. The minimum Gasteiger partial charge on any atom is -0.345 e. The number of thiazole rings is 1. The molecule has 1 aromatic carbocycles. The smallest absolute Gasteiger partial charge is 0.324 e. The number of piperazine rings is 1. The predicted octanol–water partition coefficient (Wildman–Crippen LogP) is 4.05. The van der Waals surface area contributed by atoms with Crippen LogP contribution < -0.4 is 10.2 Å².